The molecule has 1 rings (SSSR count). The van der Waals surface area contributed by atoms with E-state index in [-0.39, 0.29) is 18.2 Å². The molecular formula is C10H12NO3S. The number of nitro benzene ring substituents is 1. The van der Waals surface area contributed by atoms with Crippen molar-refractivity contribution in [2.75, 3.05) is 12.9 Å². The van der Waals surface area contributed by atoms with Gasteiger partial charge in [-0.15, -0.1) is 11.8 Å². The van der Waals surface area contributed by atoms with Gasteiger partial charge in [0.2, 0.25) is 0 Å². The fourth-order valence-corrected chi connectivity index (χ4v) is 1.76. The molecule has 1 N–H and O–H groups in total. The van der Waals surface area contributed by atoms with Crippen molar-refractivity contribution >= 4 is 17.4 Å². The molecule has 5 heteroatoms. The van der Waals surface area contributed by atoms with Crippen LogP contribution < -0.4 is 0 Å². The third-order valence-electron chi connectivity index (χ3n) is 2.09. The standard InChI is InChI=1S/C10H12NO3S/c1-7(6-12)8-3-4-10(15-2)9(5-8)11(13)14/h3-5,7,12H,1,6H2,2H3. The summed E-state index contributed by atoms with van der Waals surface area (Å²) in [6, 6.07) is 4.92. The molecule has 0 spiro atoms. The highest BCUT2D eigenvalue weighted by molar-refractivity contribution is 7.98. The van der Waals surface area contributed by atoms with Crippen LogP contribution in [0.25, 0.3) is 0 Å². The summed E-state index contributed by atoms with van der Waals surface area (Å²) < 4.78 is 0. The normalized spacial score (nSPS) is 12.5. The first-order valence-electron chi connectivity index (χ1n) is 4.36. The van der Waals surface area contributed by atoms with Gasteiger partial charge in [0, 0.05) is 18.6 Å². The van der Waals surface area contributed by atoms with Gasteiger partial charge in [-0.25, -0.2) is 0 Å². The smallest absolute Gasteiger partial charge is 0.283 e. The summed E-state index contributed by atoms with van der Waals surface area (Å²) in [6.45, 7) is 3.59. The Morgan fingerprint density at radius 3 is 2.80 bits per heavy atom. The lowest BCUT2D eigenvalue weighted by Crippen LogP contribution is -2.01. The minimum Gasteiger partial charge on any atom is -0.396 e. The molecule has 0 fully saturated rings. The Morgan fingerprint density at radius 1 is 1.67 bits per heavy atom. The highest BCUT2D eigenvalue weighted by Gasteiger charge is 2.15. The Balaban J connectivity index is 3.16. The maximum Gasteiger partial charge on any atom is 0.283 e. The Bertz CT molecular complexity index is 368. The van der Waals surface area contributed by atoms with E-state index in [1.165, 1.54) is 17.8 Å². The van der Waals surface area contributed by atoms with Crippen LogP contribution in [0, 0.1) is 17.0 Å². The van der Waals surface area contributed by atoms with Gasteiger partial charge in [-0.05, 0) is 24.8 Å². The summed E-state index contributed by atoms with van der Waals surface area (Å²) in [5.41, 5.74) is 0.754. The molecule has 0 saturated carbocycles. The van der Waals surface area contributed by atoms with Crippen molar-refractivity contribution in [1.29, 1.82) is 0 Å². The quantitative estimate of drug-likeness (QED) is 0.486. The number of thioether (sulfide) groups is 1. The third kappa shape index (κ3) is 2.70. The first-order chi connectivity index (χ1) is 7.10. The Labute approximate surface area is 92.5 Å². The zero-order valence-electron chi connectivity index (χ0n) is 8.34. The Hall–Kier alpha value is -1.07. The van der Waals surface area contributed by atoms with Crippen LogP contribution in [0.15, 0.2) is 23.1 Å². The number of hydrogen-bond donors (Lipinski definition) is 1. The molecule has 0 heterocycles. The molecule has 15 heavy (non-hydrogen) atoms. The van der Waals surface area contributed by atoms with Crippen molar-refractivity contribution in [3.05, 3.63) is 40.8 Å². The largest absolute Gasteiger partial charge is 0.396 e. The van der Waals surface area contributed by atoms with Crippen molar-refractivity contribution in [2.24, 2.45) is 0 Å². The van der Waals surface area contributed by atoms with Crippen molar-refractivity contribution < 1.29 is 10.0 Å². The number of nitrogens with zero attached hydrogens (tertiary/aromatic N) is 1. The molecule has 1 radical (unpaired) electrons. The second kappa shape index (κ2) is 5.14. The van der Waals surface area contributed by atoms with E-state index in [4.69, 9.17) is 5.11 Å². The second-order valence-corrected chi connectivity index (χ2v) is 3.92. The predicted molar refractivity (Wildman–Crippen MR) is 60.1 cm³/mol. The SMILES string of the molecule is [CH2]C(CO)c1ccc(SC)c([N+](=O)[O-])c1. The van der Waals surface area contributed by atoms with Crippen LogP contribution in [-0.4, -0.2) is 22.9 Å². The summed E-state index contributed by atoms with van der Waals surface area (Å²) in [6.07, 6.45) is 1.79. The van der Waals surface area contributed by atoms with E-state index in [0.29, 0.717) is 10.5 Å². The maximum atomic E-state index is 10.8. The zero-order valence-corrected chi connectivity index (χ0v) is 9.16. The van der Waals surface area contributed by atoms with Gasteiger partial charge in [-0.3, -0.25) is 10.1 Å². The molecule has 1 aromatic rings. The number of aliphatic hydroxyl groups is 1. The van der Waals surface area contributed by atoms with Gasteiger partial charge in [0.25, 0.3) is 5.69 Å². The van der Waals surface area contributed by atoms with Crippen molar-refractivity contribution in [3.63, 3.8) is 0 Å². The molecule has 81 valence electrons. The first-order valence-corrected chi connectivity index (χ1v) is 5.59. The molecular weight excluding hydrogens is 214 g/mol. The van der Waals surface area contributed by atoms with Crippen molar-refractivity contribution in [3.8, 4) is 0 Å². The lowest BCUT2D eigenvalue weighted by atomic mass is 10.0. The molecule has 0 bridgehead atoms. The summed E-state index contributed by atoms with van der Waals surface area (Å²) in [5.74, 6) is -0.320. The lowest BCUT2D eigenvalue weighted by molar-refractivity contribution is -0.387. The van der Waals surface area contributed by atoms with Crippen LogP contribution in [0.5, 0.6) is 0 Å². The van der Waals surface area contributed by atoms with Crippen LogP contribution in [-0.2, 0) is 0 Å². The predicted octanol–water partition coefficient (Wildman–Crippen LogP) is 2.23. The summed E-state index contributed by atoms with van der Waals surface area (Å²) in [4.78, 5) is 11.0. The number of nitro groups is 1. The minimum atomic E-state index is -0.417. The summed E-state index contributed by atoms with van der Waals surface area (Å²) in [7, 11) is 0. The average molecular weight is 226 g/mol. The molecule has 1 atom stereocenters. The van der Waals surface area contributed by atoms with Crippen LogP contribution in [0.1, 0.15) is 11.5 Å². The number of aliphatic hydroxyl groups excluding tert-OH is 1. The van der Waals surface area contributed by atoms with Crippen molar-refractivity contribution in [2.45, 2.75) is 10.8 Å². The number of hydrogen-bond acceptors (Lipinski definition) is 4. The Morgan fingerprint density at radius 2 is 2.33 bits per heavy atom. The van der Waals surface area contributed by atoms with E-state index in [1.54, 1.807) is 18.4 Å². The van der Waals surface area contributed by atoms with E-state index >= 15 is 0 Å². The number of benzene rings is 1. The lowest BCUT2D eigenvalue weighted by Gasteiger charge is -2.08. The fourth-order valence-electron chi connectivity index (χ4n) is 1.21. The van der Waals surface area contributed by atoms with Gasteiger partial charge >= 0.3 is 0 Å². The molecule has 0 aromatic heterocycles. The van der Waals surface area contributed by atoms with Crippen LogP contribution >= 0.6 is 11.8 Å². The second-order valence-electron chi connectivity index (χ2n) is 3.07. The summed E-state index contributed by atoms with van der Waals surface area (Å²) in [5, 5.41) is 19.7. The van der Waals surface area contributed by atoms with Crippen molar-refractivity contribution in [1.82, 2.24) is 0 Å². The molecule has 0 amide bonds. The average Bonchev–Trinajstić information content (AvgIpc) is 2.27. The monoisotopic (exact) mass is 226 g/mol. The maximum absolute atomic E-state index is 10.8. The van der Waals surface area contributed by atoms with E-state index in [2.05, 4.69) is 6.92 Å². The fraction of sp³-hybridized carbons (Fsp3) is 0.300. The first kappa shape index (κ1) is 12.0. The van der Waals surface area contributed by atoms with Crippen LogP contribution in [0.4, 0.5) is 5.69 Å². The van der Waals surface area contributed by atoms with Gasteiger partial charge in [0.15, 0.2) is 0 Å². The molecule has 4 nitrogen and oxygen atoms in total. The molecule has 0 aliphatic rings. The third-order valence-corrected chi connectivity index (χ3v) is 2.88. The molecule has 1 aromatic carbocycles. The topological polar surface area (TPSA) is 63.4 Å². The zero-order chi connectivity index (χ0) is 11.4. The van der Waals surface area contributed by atoms with Crippen LogP contribution in [0.2, 0.25) is 0 Å². The highest BCUT2D eigenvalue weighted by Crippen LogP contribution is 2.30. The van der Waals surface area contributed by atoms with Gasteiger partial charge in [-0.1, -0.05) is 6.07 Å². The minimum absolute atomic E-state index is 0.0714. The van der Waals surface area contributed by atoms with Gasteiger partial charge < -0.3 is 5.11 Å². The van der Waals surface area contributed by atoms with E-state index in [9.17, 15) is 10.1 Å². The summed E-state index contributed by atoms with van der Waals surface area (Å²) >= 11 is 1.33. The van der Waals surface area contributed by atoms with E-state index in [0.717, 1.165) is 0 Å². The molecule has 1 unspecified atom stereocenters. The van der Waals surface area contributed by atoms with Gasteiger partial charge in [0.05, 0.1) is 9.82 Å². The highest BCUT2D eigenvalue weighted by atomic mass is 32.2. The van der Waals surface area contributed by atoms with E-state index in [1.807, 2.05) is 0 Å². The van der Waals surface area contributed by atoms with E-state index < -0.39 is 4.92 Å². The molecule has 0 aliphatic carbocycles. The molecule has 0 saturated heterocycles. The van der Waals surface area contributed by atoms with Crippen LogP contribution in [0.3, 0.4) is 0 Å². The van der Waals surface area contributed by atoms with Gasteiger partial charge in [-0.2, -0.15) is 0 Å². The number of rotatable bonds is 4. The Kier molecular flexibility index (Phi) is 4.11. The van der Waals surface area contributed by atoms with Gasteiger partial charge in [0.1, 0.15) is 0 Å². The molecule has 0 aliphatic heterocycles.